The summed E-state index contributed by atoms with van der Waals surface area (Å²) in [5.41, 5.74) is -1.02. The molecular weight excluding hydrogens is 672 g/mol. The first kappa shape index (κ1) is 39.7. The molecule has 6 fully saturated rings. The third kappa shape index (κ3) is 7.51. The van der Waals surface area contributed by atoms with E-state index in [1.54, 1.807) is 4.90 Å². The molecule has 2 heterocycles. The number of hydrogen-bond acceptors (Lipinski definition) is 7. The van der Waals surface area contributed by atoms with Crippen molar-refractivity contribution in [3.05, 3.63) is 0 Å². The molecule has 5 amide bonds. The number of Topliss-reactive ketones (excluding diaryl/α,β-unsaturated/α-hetero) is 1. The van der Waals surface area contributed by atoms with Crippen LogP contribution in [0.4, 0.5) is 0 Å². The zero-order valence-corrected chi connectivity index (χ0v) is 33.2. The van der Waals surface area contributed by atoms with Crippen LogP contribution in [-0.4, -0.2) is 90.1 Å². The van der Waals surface area contributed by atoms with Crippen LogP contribution in [0, 0.1) is 33.5 Å². The van der Waals surface area contributed by atoms with Crippen molar-refractivity contribution in [1.82, 2.24) is 31.5 Å². The van der Waals surface area contributed by atoms with Crippen LogP contribution in [0.15, 0.2) is 0 Å². The third-order valence-electron chi connectivity index (χ3n) is 14.5. The van der Waals surface area contributed by atoms with Gasteiger partial charge in [-0.1, -0.05) is 73.6 Å². The largest absolute Gasteiger partial charge is 0.347 e. The summed E-state index contributed by atoms with van der Waals surface area (Å²) in [6.07, 6.45) is 12.7. The summed E-state index contributed by atoms with van der Waals surface area (Å²) < 4.78 is 0. The topological polar surface area (TPSA) is 166 Å². The molecule has 6 rings (SSSR count). The number of rotatable bonds is 13. The lowest BCUT2D eigenvalue weighted by molar-refractivity contribution is -0.145. The number of fused-ring (bicyclic) bond motifs is 1. The number of hydrogen-bond donors (Lipinski definition) is 5. The number of carbonyl (C=O) groups is 6. The Hall–Kier alpha value is -3.02. The lowest BCUT2D eigenvalue weighted by Crippen LogP contribution is -2.62. The van der Waals surface area contributed by atoms with Gasteiger partial charge in [-0.3, -0.25) is 28.8 Å². The lowest BCUT2D eigenvalue weighted by Gasteiger charge is -2.38. The van der Waals surface area contributed by atoms with Gasteiger partial charge in [-0.05, 0) is 92.9 Å². The summed E-state index contributed by atoms with van der Waals surface area (Å²) >= 11 is 0. The van der Waals surface area contributed by atoms with E-state index in [1.807, 2.05) is 27.7 Å². The Kier molecular flexibility index (Phi) is 11.4. The van der Waals surface area contributed by atoms with Gasteiger partial charge in [0, 0.05) is 24.5 Å². The van der Waals surface area contributed by atoms with Gasteiger partial charge in [-0.25, -0.2) is 0 Å². The summed E-state index contributed by atoms with van der Waals surface area (Å²) in [6.45, 7) is 14.0. The molecule has 4 aliphatic carbocycles. The minimum absolute atomic E-state index is 0.0165. The third-order valence-corrected chi connectivity index (χ3v) is 14.5. The average molecular weight is 739 g/mol. The number of likely N-dealkylation sites (tertiary alicyclic amines) is 1. The van der Waals surface area contributed by atoms with Gasteiger partial charge in [0.05, 0.1) is 12.0 Å². The molecule has 0 aromatic heterocycles. The van der Waals surface area contributed by atoms with Crippen molar-refractivity contribution in [3.63, 3.8) is 0 Å². The van der Waals surface area contributed by atoms with E-state index < -0.39 is 47.2 Å². The molecule has 2 spiro atoms. The second-order valence-electron chi connectivity index (χ2n) is 19.0. The first-order chi connectivity index (χ1) is 25.1. The van der Waals surface area contributed by atoms with E-state index in [2.05, 4.69) is 40.4 Å². The number of carbonyl (C=O) groups excluding carboxylic acids is 6. The second-order valence-corrected chi connectivity index (χ2v) is 19.0. The normalized spacial score (nSPS) is 29.4. The zero-order chi connectivity index (χ0) is 38.3. The molecule has 6 aliphatic rings. The van der Waals surface area contributed by atoms with Crippen molar-refractivity contribution in [2.45, 2.75) is 168 Å². The molecule has 12 heteroatoms. The van der Waals surface area contributed by atoms with Crippen LogP contribution >= 0.6 is 0 Å². The van der Waals surface area contributed by atoms with E-state index in [-0.39, 0.29) is 51.8 Å². The highest BCUT2D eigenvalue weighted by Gasteiger charge is 2.85. The summed E-state index contributed by atoms with van der Waals surface area (Å²) in [7, 11) is 0. The van der Waals surface area contributed by atoms with Crippen LogP contribution in [0.1, 0.15) is 138 Å². The molecule has 0 aromatic rings. The summed E-state index contributed by atoms with van der Waals surface area (Å²) in [5, 5.41) is 15.3. The van der Waals surface area contributed by atoms with Gasteiger partial charge in [-0.2, -0.15) is 0 Å². The number of nitrogens with zero attached hydrogens (tertiary/aromatic N) is 1. The number of ketones is 1. The fourth-order valence-corrected chi connectivity index (χ4v) is 10.8. The van der Waals surface area contributed by atoms with Crippen LogP contribution < -0.4 is 26.6 Å². The number of amides is 5. The summed E-state index contributed by atoms with van der Waals surface area (Å²) in [4.78, 5) is 85.2. The standard InChI is InChI=1S/C41H66N6O6/c1-7-13-28(31(48)36(52)43-27-17-18-27)44-34(50)29-22-41(39(5,6)40(41)19-12-20-40)24-47(29)37(53)32(38(2,3)4)46-35(51)30(25-14-9-8-10-15-25)45-33(49)26-16-11-21-42-23-26/h25-30,32,42H,7-24H2,1-6H3,(H,43,52)(H,44,50)(H,45,49)(H,46,51)/t26-,28+,29+,30?,32-,41-/m1/s1. The smallest absolute Gasteiger partial charge is 0.289 e. The van der Waals surface area contributed by atoms with Gasteiger partial charge < -0.3 is 31.5 Å². The number of nitrogens with one attached hydrogen (secondary N) is 5. The quantitative estimate of drug-likeness (QED) is 0.181. The first-order valence-corrected chi connectivity index (χ1v) is 20.8. The van der Waals surface area contributed by atoms with Gasteiger partial charge >= 0.3 is 0 Å². The molecule has 0 bridgehead atoms. The second kappa shape index (κ2) is 15.3. The number of piperidine rings is 1. The van der Waals surface area contributed by atoms with Crippen molar-refractivity contribution in [2.75, 3.05) is 19.6 Å². The molecule has 12 nitrogen and oxygen atoms in total. The Morgan fingerprint density at radius 2 is 1.53 bits per heavy atom. The molecule has 6 atom stereocenters. The van der Waals surface area contributed by atoms with E-state index in [4.69, 9.17) is 0 Å². The minimum atomic E-state index is -0.984. The van der Waals surface area contributed by atoms with Crippen LogP contribution in [0.5, 0.6) is 0 Å². The maximum atomic E-state index is 15.0. The highest BCUT2D eigenvalue weighted by molar-refractivity contribution is 6.38. The van der Waals surface area contributed by atoms with Crippen molar-refractivity contribution >= 4 is 35.3 Å². The SMILES string of the molecule is CCC[C@H](NC(=O)[C@@H]1C[C@@]2(CN1C(=O)[C@@H](NC(=O)C(NC(=O)[C@@H]1CCCNC1)C1CCCCC1)C(C)(C)C)C(C)(C)C21CCC1)C(=O)C(=O)NC1CC1. The average Bonchev–Trinajstić information content (AvgIpc) is 3.94. The van der Waals surface area contributed by atoms with Gasteiger partial charge in [-0.15, -0.1) is 0 Å². The molecule has 2 saturated heterocycles. The van der Waals surface area contributed by atoms with E-state index >= 15 is 4.79 Å². The maximum Gasteiger partial charge on any atom is 0.289 e. The predicted octanol–water partition coefficient (Wildman–Crippen LogP) is 3.51. The molecule has 2 aliphatic heterocycles. The van der Waals surface area contributed by atoms with E-state index in [1.165, 1.54) is 0 Å². The van der Waals surface area contributed by atoms with Crippen LogP contribution in [0.25, 0.3) is 0 Å². The Balaban J connectivity index is 1.25. The van der Waals surface area contributed by atoms with E-state index in [0.717, 1.165) is 83.6 Å². The zero-order valence-electron chi connectivity index (χ0n) is 33.2. The Morgan fingerprint density at radius 1 is 0.830 bits per heavy atom. The van der Waals surface area contributed by atoms with Crippen LogP contribution in [-0.2, 0) is 28.8 Å². The molecule has 0 radical (unpaired) electrons. The highest BCUT2D eigenvalue weighted by Crippen LogP contribution is 2.88. The predicted molar refractivity (Wildman–Crippen MR) is 201 cm³/mol. The molecule has 4 saturated carbocycles. The molecule has 5 N–H and O–H groups in total. The van der Waals surface area contributed by atoms with E-state index in [0.29, 0.717) is 32.4 Å². The van der Waals surface area contributed by atoms with Crippen LogP contribution in [0.2, 0.25) is 0 Å². The first-order valence-electron chi connectivity index (χ1n) is 20.8. The Morgan fingerprint density at radius 3 is 2.08 bits per heavy atom. The van der Waals surface area contributed by atoms with Gasteiger partial charge in [0.15, 0.2) is 0 Å². The van der Waals surface area contributed by atoms with Crippen LogP contribution in [0.3, 0.4) is 0 Å². The Bertz CT molecular complexity index is 1440. The summed E-state index contributed by atoms with van der Waals surface area (Å²) in [6, 6.07) is -3.54. The fraction of sp³-hybridized carbons (Fsp3) is 0.854. The highest BCUT2D eigenvalue weighted by atomic mass is 16.2. The fourth-order valence-electron chi connectivity index (χ4n) is 10.8. The molecule has 296 valence electrons. The van der Waals surface area contributed by atoms with Crippen molar-refractivity contribution in [2.24, 2.45) is 33.5 Å². The lowest BCUT2D eigenvalue weighted by atomic mass is 9.73. The molecular formula is C41H66N6O6. The minimum Gasteiger partial charge on any atom is -0.347 e. The molecule has 0 aromatic carbocycles. The van der Waals surface area contributed by atoms with Gasteiger partial charge in [0.2, 0.25) is 29.4 Å². The van der Waals surface area contributed by atoms with Crippen molar-refractivity contribution in [1.29, 1.82) is 0 Å². The maximum absolute atomic E-state index is 15.0. The summed E-state index contributed by atoms with van der Waals surface area (Å²) in [5.74, 6) is -2.77. The molecule has 1 unspecified atom stereocenters. The van der Waals surface area contributed by atoms with Crippen molar-refractivity contribution < 1.29 is 28.8 Å². The van der Waals surface area contributed by atoms with Gasteiger partial charge in [0.25, 0.3) is 5.91 Å². The van der Waals surface area contributed by atoms with E-state index in [9.17, 15) is 24.0 Å². The molecule has 53 heavy (non-hydrogen) atoms. The monoisotopic (exact) mass is 739 g/mol. The van der Waals surface area contributed by atoms with Gasteiger partial charge in [0.1, 0.15) is 18.1 Å². The Labute approximate surface area is 316 Å². The van der Waals surface area contributed by atoms with Crippen molar-refractivity contribution in [3.8, 4) is 0 Å².